The molecule has 0 fully saturated rings. The number of amides is 1. The number of hydrogen-bond acceptors (Lipinski definition) is 5. The zero-order valence-corrected chi connectivity index (χ0v) is 21.8. The Hall–Kier alpha value is -3.21. The number of rotatable bonds is 6. The number of anilines is 1. The van der Waals surface area contributed by atoms with Gasteiger partial charge in [-0.3, -0.25) is 14.2 Å². The Morgan fingerprint density at radius 2 is 1.97 bits per heavy atom. The van der Waals surface area contributed by atoms with Gasteiger partial charge in [-0.25, -0.2) is 9.50 Å². The third-order valence-corrected chi connectivity index (χ3v) is 6.66. The van der Waals surface area contributed by atoms with E-state index in [-0.39, 0.29) is 5.91 Å². The van der Waals surface area contributed by atoms with Crippen molar-refractivity contribution in [3.8, 4) is 11.3 Å². The molecule has 1 N–H and O–H groups in total. The number of halogens is 3. The summed E-state index contributed by atoms with van der Waals surface area (Å²) in [6, 6.07) is 7.14. The van der Waals surface area contributed by atoms with E-state index in [2.05, 4.69) is 41.5 Å². The standard InChI is InChI=1S/C23H19BrCl2N8O/c1-3-32-11-17(13(2)30-32)20-6-7-27-22-16(9-28-34(20)22)23(35)29-21-18(24)12-33(31-21)10-14-4-5-15(25)8-19(14)26/h4-9,11-12H,3,10H2,1-2H3,(H,29,31,35). The summed E-state index contributed by atoms with van der Waals surface area (Å²) >= 11 is 15.7. The number of aryl methyl sites for hydroxylation is 2. The molecular weight excluding hydrogens is 555 g/mol. The summed E-state index contributed by atoms with van der Waals surface area (Å²) in [5.74, 6) is -0.00300. The molecule has 35 heavy (non-hydrogen) atoms. The van der Waals surface area contributed by atoms with Gasteiger partial charge in [0, 0.05) is 40.7 Å². The van der Waals surface area contributed by atoms with Crippen molar-refractivity contribution >= 4 is 56.5 Å². The van der Waals surface area contributed by atoms with Crippen LogP contribution in [0.5, 0.6) is 0 Å². The number of nitrogens with zero attached hydrogens (tertiary/aromatic N) is 7. The topological polar surface area (TPSA) is 94.9 Å². The van der Waals surface area contributed by atoms with Crippen molar-refractivity contribution in [2.75, 3.05) is 5.32 Å². The maximum absolute atomic E-state index is 13.1. The second-order valence-corrected chi connectivity index (χ2v) is 9.52. The van der Waals surface area contributed by atoms with E-state index in [0.29, 0.717) is 38.1 Å². The SMILES string of the molecule is CCn1cc(-c2ccnc3c(C(=O)Nc4nn(Cc5ccc(Cl)cc5Cl)cc4Br)cnn23)c(C)n1. The van der Waals surface area contributed by atoms with Crippen LogP contribution in [0.3, 0.4) is 0 Å². The highest BCUT2D eigenvalue weighted by atomic mass is 79.9. The predicted molar refractivity (Wildman–Crippen MR) is 138 cm³/mol. The molecule has 1 amide bonds. The van der Waals surface area contributed by atoms with Gasteiger partial charge in [0.25, 0.3) is 5.91 Å². The molecule has 0 radical (unpaired) electrons. The lowest BCUT2D eigenvalue weighted by molar-refractivity contribution is 0.102. The molecule has 9 nitrogen and oxygen atoms in total. The molecule has 12 heteroatoms. The summed E-state index contributed by atoms with van der Waals surface area (Å²) in [7, 11) is 0. The van der Waals surface area contributed by atoms with Crippen LogP contribution in [-0.4, -0.2) is 40.1 Å². The molecule has 0 saturated carbocycles. The fraction of sp³-hybridized carbons (Fsp3) is 0.174. The van der Waals surface area contributed by atoms with Gasteiger partial charge in [-0.1, -0.05) is 29.3 Å². The summed E-state index contributed by atoms with van der Waals surface area (Å²) < 4.78 is 5.81. The average molecular weight is 574 g/mol. The van der Waals surface area contributed by atoms with Crippen LogP contribution in [0.25, 0.3) is 16.9 Å². The maximum Gasteiger partial charge on any atom is 0.262 e. The van der Waals surface area contributed by atoms with Crippen LogP contribution in [-0.2, 0) is 13.1 Å². The lowest BCUT2D eigenvalue weighted by Crippen LogP contribution is -2.13. The number of aromatic nitrogens is 7. The maximum atomic E-state index is 13.1. The van der Waals surface area contributed by atoms with Crippen molar-refractivity contribution in [2.24, 2.45) is 0 Å². The molecule has 4 aromatic heterocycles. The van der Waals surface area contributed by atoms with Crippen LogP contribution in [0, 0.1) is 6.92 Å². The van der Waals surface area contributed by atoms with Crippen molar-refractivity contribution in [1.82, 2.24) is 34.2 Å². The molecule has 0 aliphatic heterocycles. The Labute approximate surface area is 218 Å². The van der Waals surface area contributed by atoms with Gasteiger partial charge >= 0.3 is 0 Å². The molecule has 5 aromatic rings. The van der Waals surface area contributed by atoms with Crippen LogP contribution < -0.4 is 5.32 Å². The largest absolute Gasteiger partial charge is 0.304 e. The molecule has 0 saturated heterocycles. The minimum absolute atomic E-state index is 0.328. The normalized spacial score (nSPS) is 11.3. The van der Waals surface area contributed by atoms with Gasteiger partial charge in [0.2, 0.25) is 0 Å². The molecule has 0 bridgehead atoms. The van der Waals surface area contributed by atoms with Crippen molar-refractivity contribution in [1.29, 1.82) is 0 Å². The van der Waals surface area contributed by atoms with Gasteiger partial charge in [-0.2, -0.15) is 15.3 Å². The van der Waals surface area contributed by atoms with Gasteiger partial charge in [0.05, 0.1) is 28.6 Å². The molecule has 0 unspecified atom stereocenters. The Morgan fingerprint density at radius 3 is 2.71 bits per heavy atom. The predicted octanol–water partition coefficient (Wildman–Crippen LogP) is 5.49. The molecule has 178 valence electrons. The minimum Gasteiger partial charge on any atom is -0.304 e. The number of benzene rings is 1. The molecule has 0 atom stereocenters. The van der Waals surface area contributed by atoms with E-state index in [4.69, 9.17) is 23.2 Å². The lowest BCUT2D eigenvalue weighted by atomic mass is 10.2. The van der Waals surface area contributed by atoms with Crippen LogP contribution in [0.2, 0.25) is 10.0 Å². The van der Waals surface area contributed by atoms with Gasteiger partial charge in [0.1, 0.15) is 5.56 Å². The first-order valence-electron chi connectivity index (χ1n) is 10.7. The molecule has 1 aromatic carbocycles. The Kier molecular flexibility index (Phi) is 6.35. The molecule has 4 heterocycles. The van der Waals surface area contributed by atoms with Crippen LogP contribution >= 0.6 is 39.1 Å². The number of carbonyl (C=O) groups is 1. The van der Waals surface area contributed by atoms with E-state index in [1.165, 1.54) is 6.20 Å². The Bertz CT molecular complexity index is 1570. The third-order valence-electron chi connectivity index (χ3n) is 5.49. The zero-order chi connectivity index (χ0) is 24.7. The van der Waals surface area contributed by atoms with Crippen LogP contribution in [0.1, 0.15) is 28.5 Å². The van der Waals surface area contributed by atoms with Gasteiger partial charge < -0.3 is 5.32 Å². The Morgan fingerprint density at radius 1 is 1.14 bits per heavy atom. The number of carbonyl (C=O) groups excluding carboxylic acids is 1. The average Bonchev–Trinajstić information content (AvgIpc) is 3.52. The molecular formula is C23H19BrCl2N8O. The fourth-order valence-electron chi connectivity index (χ4n) is 3.75. The number of nitrogens with one attached hydrogen (secondary N) is 1. The highest BCUT2D eigenvalue weighted by molar-refractivity contribution is 9.10. The van der Waals surface area contributed by atoms with Gasteiger partial charge in [-0.15, -0.1) is 0 Å². The van der Waals surface area contributed by atoms with E-state index in [1.807, 2.05) is 36.9 Å². The van der Waals surface area contributed by atoms with Gasteiger partial charge in [0.15, 0.2) is 11.5 Å². The molecule has 0 aliphatic rings. The van der Waals surface area contributed by atoms with Gasteiger partial charge in [-0.05, 0) is 53.5 Å². The summed E-state index contributed by atoms with van der Waals surface area (Å²) in [4.78, 5) is 17.5. The summed E-state index contributed by atoms with van der Waals surface area (Å²) in [6.45, 7) is 5.14. The van der Waals surface area contributed by atoms with Crippen LogP contribution in [0.4, 0.5) is 5.82 Å². The quantitative estimate of drug-likeness (QED) is 0.290. The second kappa shape index (κ2) is 9.44. The summed E-state index contributed by atoms with van der Waals surface area (Å²) in [6.07, 6.45) is 6.88. The van der Waals surface area contributed by atoms with E-state index in [1.54, 1.807) is 33.7 Å². The number of fused-ring (bicyclic) bond motifs is 1. The van der Waals surface area contributed by atoms with Crippen molar-refractivity contribution in [3.05, 3.63) is 80.4 Å². The first-order chi connectivity index (χ1) is 16.8. The highest BCUT2D eigenvalue weighted by Crippen LogP contribution is 2.27. The third kappa shape index (κ3) is 4.56. The van der Waals surface area contributed by atoms with E-state index < -0.39 is 0 Å². The molecule has 5 rings (SSSR count). The number of hydrogen-bond donors (Lipinski definition) is 1. The second-order valence-electron chi connectivity index (χ2n) is 7.82. The first kappa shape index (κ1) is 23.5. The summed E-state index contributed by atoms with van der Waals surface area (Å²) in [5.41, 5.74) is 4.22. The van der Waals surface area contributed by atoms with Crippen LogP contribution in [0.15, 0.2) is 53.5 Å². The first-order valence-corrected chi connectivity index (χ1v) is 12.2. The smallest absolute Gasteiger partial charge is 0.262 e. The van der Waals surface area contributed by atoms with Crippen molar-refractivity contribution in [3.63, 3.8) is 0 Å². The summed E-state index contributed by atoms with van der Waals surface area (Å²) in [5, 5.41) is 17.4. The van der Waals surface area contributed by atoms with E-state index in [0.717, 1.165) is 29.1 Å². The van der Waals surface area contributed by atoms with Crippen molar-refractivity contribution < 1.29 is 4.79 Å². The van der Waals surface area contributed by atoms with E-state index in [9.17, 15) is 4.79 Å². The van der Waals surface area contributed by atoms with E-state index >= 15 is 0 Å². The minimum atomic E-state index is -0.374. The molecule has 0 aliphatic carbocycles. The monoisotopic (exact) mass is 572 g/mol. The molecule has 0 spiro atoms. The fourth-order valence-corrected chi connectivity index (χ4v) is 4.63. The Balaban J connectivity index is 1.41. The lowest BCUT2D eigenvalue weighted by Gasteiger charge is -2.05. The highest BCUT2D eigenvalue weighted by Gasteiger charge is 2.20. The van der Waals surface area contributed by atoms with Crippen molar-refractivity contribution in [2.45, 2.75) is 26.9 Å². The zero-order valence-electron chi connectivity index (χ0n) is 18.7.